The van der Waals surface area contributed by atoms with Crippen molar-refractivity contribution in [2.75, 3.05) is 13.2 Å². The Balaban J connectivity index is 2.71. The van der Waals surface area contributed by atoms with Crippen molar-refractivity contribution >= 4 is 5.91 Å². The lowest BCUT2D eigenvalue weighted by Crippen LogP contribution is -2.40. The first-order valence-corrected chi connectivity index (χ1v) is 5.35. The Morgan fingerprint density at radius 2 is 2.06 bits per heavy atom. The van der Waals surface area contributed by atoms with E-state index in [1.165, 1.54) is 0 Å². The zero-order chi connectivity index (χ0) is 12.0. The van der Waals surface area contributed by atoms with Gasteiger partial charge in [-0.2, -0.15) is 0 Å². The molecule has 0 saturated heterocycles. The summed E-state index contributed by atoms with van der Waals surface area (Å²) < 4.78 is 0. The van der Waals surface area contributed by atoms with Gasteiger partial charge in [-0.3, -0.25) is 4.79 Å². The van der Waals surface area contributed by atoms with Crippen LogP contribution in [-0.4, -0.2) is 30.2 Å². The summed E-state index contributed by atoms with van der Waals surface area (Å²) >= 11 is 0. The smallest absolute Gasteiger partial charge is 0.229 e. The molecule has 0 heterocycles. The highest BCUT2D eigenvalue weighted by Gasteiger charge is 2.19. The van der Waals surface area contributed by atoms with Gasteiger partial charge in [0.15, 0.2) is 0 Å². The van der Waals surface area contributed by atoms with E-state index in [0.717, 1.165) is 5.56 Å². The summed E-state index contributed by atoms with van der Waals surface area (Å²) in [4.78, 5) is 11.8. The molecule has 0 aliphatic heterocycles. The summed E-state index contributed by atoms with van der Waals surface area (Å²) in [6.45, 7) is 1.93. The Kier molecular flexibility index (Phi) is 4.95. The highest BCUT2D eigenvalue weighted by molar-refractivity contribution is 5.84. The quantitative estimate of drug-likeness (QED) is 0.667. The lowest BCUT2D eigenvalue weighted by molar-refractivity contribution is -0.123. The van der Waals surface area contributed by atoms with Crippen LogP contribution in [0.1, 0.15) is 18.4 Å². The van der Waals surface area contributed by atoms with E-state index in [1.54, 1.807) is 6.92 Å². The van der Waals surface area contributed by atoms with Crippen LogP contribution in [0.5, 0.6) is 0 Å². The number of carbonyl (C=O) groups excluding carboxylic acids is 1. The van der Waals surface area contributed by atoms with Crippen molar-refractivity contribution in [2.24, 2.45) is 5.73 Å². The second-order valence-corrected chi connectivity index (χ2v) is 3.79. The van der Waals surface area contributed by atoms with Crippen LogP contribution < -0.4 is 11.1 Å². The molecule has 0 spiro atoms. The van der Waals surface area contributed by atoms with Crippen LogP contribution in [0.25, 0.3) is 0 Å². The van der Waals surface area contributed by atoms with Gasteiger partial charge in [-0.1, -0.05) is 30.3 Å². The second-order valence-electron chi connectivity index (χ2n) is 3.79. The first-order chi connectivity index (χ1) is 7.69. The lowest BCUT2D eigenvalue weighted by Gasteiger charge is -2.18. The third-order valence-electron chi connectivity index (χ3n) is 2.42. The minimum atomic E-state index is -0.352. The molecule has 4 N–H and O–H groups in total. The average Bonchev–Trinajstić information content (AvgIpc) is 2.31. The van der Waals surface area contributed by atoms with E-state index >= 15 is 0 Å². The Labute approximate surface area is 95.5 Å². The minimum Gasteiger partial charge on any atom is -0.394 e. The molecule has 4 heteroatoms. The van der Waals surface area contributed by atoms with E-state index in [2.05, 4.69) is 5.32 Å². The average molecular weight is 222 g/mol. The fourth-order valence-electron chi connectivity index (χ4n) is 1.47. The number of aliphatic hydroxyl groups excluding tert-OH is 1. The maximum absolute atomic E-state index is 11.8. The zero-order valence-electron chi connectivity index (χ0n) is 9.39. The molecule has 0 bridgehead atoms. The summed E-state index contributed by atoms with van der Waals surface area (Å²) in [5, 5.41) is 11.6. The number of carbonyl (C=O) groups is 1. The normalized spacial score (nSPS) is 14.2. The molecule has 0 fully saturated rings. The second kappa shape index (κ2) is 6.25. The number of hydrogen-bond acceptors (Lipinski definition) is 3. The number of aliphatic hydroxyl groups is 1. The highest BCUT2D eigenvalue weighted by atomic mass is 16.3. The van der Waals surface area contributed by atoms with Gasteiger partial charge in [0.25, 0.3) is 0 Å². The van der Waals surface area contributed by atoms with E-state index in [4.69, 9.17) is 10.8 Å². The molecule has 2 atom stereocenters. The molecular weight excluding hydrogens is 204 g/mol. The van der Waals surface area contributed by atoms with E-state index in [-0.39, 0.29) is 31.0 Å². The van der Waals surface area contributed by atoms with Crippen LogP contribution in [0.15, 0.2) is 30.3 Å². The SMILES string of the molecule is CC(CO)NC(=O)C(CN)c1ccccc1. The van der Waals surface area contributed by atoms with Gasteiger partial charge in [-0.15, -0.1) is 0 Å². The molecule has 2 unspecified atom stereocenters. The third-order valence-corrected chi connectivity index (χ3v) is 2.42. The molecule has 0 aromatic heterocycles. The van der Waals surface area contributed by atoms with Crippen molar-refractivity contribution in [3.05, 3.63) is 35.9 Å². The topological polar surface area (TPSA) is 75.3 Å². The van der Waals surface area contributed by atoms with Gasteiger partial charge >= 0.3 is 0 Å². The predicted octanol–water partition coefficient (Wildman–Crippen LogP) is 0.226. The first kappa shape index (κ1) is 12.7. The van der Waals surface area contributed by atoms with Crippen LogP contribution in [-0.2, 0) is 4.79 Å². The highest BCUT2D eigenvalue weighted by Crippen LogP contribution is 2.14. The number of nitrogens with one attached hydrogen (secondary N) is 1. The summed E-state index contributed by atoms with van der Waals surface area (Å²) in [5.41, 5.74) is 6.50. The lowest BCUT2D eigenvalue weighted by atomic mass is 9.98. The number of benzene rings is 1. The third kappa shape index (κ3) is 3.32. The van der Waals surface area contributed by atoms with E-state index in [1.807, 2.05) is 30.3 Å². The summed E-state index contributed by atoms with van der Waals surface area (Å²) in [7, 11) is 0. The van der Waals surface area contributed by atoms with Crippen LogP contribution in [0, 0.1) is 0 Å². The molecule has 16 heavy (non-hydrogen) atoms. The molecule has 88 valence electrons. The number of rotatable bonds is 5. The standard InChI is InChI=1S/C12H18N2O2/c1-9(8-15)14-12(16)11(7-13)10-5-3-2-4-6-10/h2-6,9,11,15H,7-8,13H2,1H3,(H,14,16). The molecule has 0 aliphatic rings. The monoisotopic (exact) mass is 222 g/mol. The fourth-order valence-corrected chi connectivity index (χ4v) is 1.47. The van der Waals surface area contributed by atoms with Crippen molar-refractivity contribution in [3.63, 3.8) is 0 Å². The van der Waals surface area contributed by atoms with Gasteiger partial charge in [0.2, 0.25) is 5.91 Å². The summed E-state index contributed by atoms with van der Waals surface area (Å²) in [6.07, 6.45) is 0. The Morgan fingerprint density at radius 3 is 2.56 bits per heavy atom. The molecule has 0 radical (unpaired) electrons. The minimum absolute atomic E-state index is 0.0716. The van der Waals surface area contributed by atoms with Crippen molar-refractivity contribution in [2.45, 2.75) is 18.9 Å². The summed E-state index contributed by atoms with van der Waals surface area (Å²) in [6, 6.07) is 9.15. The van der Waals surface area contributed by atoms with Gasteiger partial charge in [0.05, 0.1) is 12.5 Å². The molecule has 4 nitrogen and oxygen atoms in total. The van der Waals surface area contributed by atoms with Gasteiger partial charge in [-0.05, 0) is 12.5 Å². The van der Waals surface area contributed by atoms with Crippen LogP contribution in [0.2, 0.25) is 0 Å². The summed E-state index contributed by atoms with van der Waals surface area (Å²) in [5.74, 6) is -0.495. The van der Waals surface area contributed by atoms with E-state index in [9.17, 15) is 4.79 Å². The molecule has 1 amide bonds. The Morgan fingerprint density at radius 1 is 1.44 bits per heavy atom. The van der Waals surface area contributed by atoms with Crippen LogP contribution in [0.3, 0.4) is 0 Å². The van der Waals surface area contributed by atoms with E-state index in [0.29, 0.717) is 0 Å². The van der Waals surface area contributed by atoms with Gasteiger partial charge in [-0.25, -0.2) is 0 Å². The number of amides is 1. The number of nitrogens with two attached hydrogens (primary N) is 1. The molecule has 1 rings (SSSR count). The first-order valence-electron chi connectivity index (χ1n) is 5.35. The predicted molar refractivity (Wildman–Crippen MR) is 62.9 cm³/mol. The maximum atomic E-state index is 11.8. The maximum Gasteiger partial charge on any atom is 0.229 e. The van der Waals surface area contributed by atoms with Crippen molar-refractivity contribution < 1.29 is 9.90 Å². The fraction of sp³-hybridized carbons (Fsp3) is 0.417. The largest absolute Gasteiger partial charge is 0.394 e. The Hall–Kier alpha value is -1.39. The van der Waals surface area contributed by atoms with Gasteiger partial charge in [0, 0.05) is 12.6 Å². The number of hydrogen-bond donors (Lipinski definition) is 3. The van der Waals surface area contributed by atoms with Crippen LogP contribution in [0.4, 0.5) is 0 Å². The zero-order valence-corrected chi connectivity index (χ0v) is 9.39. The molecule has 0 saturated carbocycles. The molecule has 1 aromatic carbocycles. The molecular formula is C12H18N2O2. The van der Waals surface area contributed by atoms with Gasteiger partial charge in [0.1, 0.15) is 0 Å². The molecule has 0 aliphatic carbocycles. The van der Waals surface area contributed by atoms with Gasteiger partial charge < -0.3 is 16.2 Å². The molecule has 1 aromatic rings. The van der Waals surface area contributed by atoms with Crippen molar-refractivity contribution in [3.8, 4) is 0 Å². The van der Waals surface area contributed by atoms with Crippen molar-refractivity contribution in [1.82, 2.24) is 5.32 Å². The van der Waals surface area contributed by atoms with E-state index < -0.39 is 0 Å². The Bertz CT molecular complexity index is 327. The van der Waals surface area contributed by atoms with Crippen molar-refractivity contribution in [1.29, 1.82) is 0 Å². The van der Waals surface area contributed by atoms with Crippen LogP contribution >= 0.6 is 0 Å².